The highest BCUT2D eigenvalue weighted by Gasteiger charge is 2.48. The number of nitrogens with two attached hydrogens (primary N) is 1. The van der Waals surface area contributed by atoms with E-state index in [1.165, 1.54) is 37.0 Å². The van der Waals surface area contributed by atoms with Crippen LogP contribution in [-0.4, -0.2) is 5.25 Å². The lowest BCUT2D eigenvalue weighted by atomic mass is 9.56. The van der Waals surface area contributed by atoms with Gasteiger partial charge in [-0.15, -0.1) is 11.8 Å². The highest BCUT2D eigenvalue weighted by atomic mass is 32.2. The molecular weight excluding hydrogens is 238 g/mol. The van der Waals surface area contributed by atoms with Gasteiger partial charge in [0.1, 0.15) is 0 Å². The van der Waals surface area contributed by atoms with Crippen molar-refractivity contribution in [2.75, 3.05) is 5.73 Å². The Morgan fingerprint density at radius 1 is 0.889 bits per heavy atom. The van der Waals surface area contributed by atoms with Gasteiger partial charge in [-0.3, -0.25) is 0 Å². The first-order valence-corrected chi connectivity index (χ1v) is 8.18. The second-order valence-electron chi connectivity index (χ2n) is 6.55. The van der Waals surface area contributed by atoms with E-state index >= 15 is 0 Å². The van der Waals surface area contributed by atoms with Gasteiger partial charge in [-0.25, -0.2) is 0 Å². The number of benzene rings is 1. The number of nitrogen functional groups attached to an aromatic ring is 1. The Morgan fingerprint density at radius 2 is 1.50 bits per heavy atom. The summed E-state index contributed by atoms with van der Waals surface area (Å²) in [5.74, 6) is 4.09. The summed E-state index contributed by atoms with van der Waals surface area (Å²) in [4.78, 5) is 1.31. The highest BCUT2D eigenvalue weighted by Crippen LogP contribution is 2.58. The fourth-order valence-electron chi connectivity index (χ4n) is 4.80. The molecule has 4 aliphatic rings. The first-order valence-electron chi connectivity index (χ1n) is 7.31. The first-order chi connectivity index (χ1) is 8.79. The smallest absolute Gasteiger partial charge is 0.0452 e. The Morgan fingerprint density at radius 3 is 2.11 bits per heavy atom. The molecule has 4 fully saturated rings. The van der Waals surface area contributed by atoms with Crippen LogP contribution in [0.25, 0.3) is 0 Å². The topological polar surface area (TPSA) is 26.0 Å². The van der Waals surface area contributed by atoms with Crippen LogP contribution >= 0.6 is 11.8 Å². The Kier molecular flexibility index (Phi) is 2.61. The number of hydrogen-bond donors (Lipinski definition) is 1. The van der Waals surface area contributed by atoms with Gasteiger partial charge < -0.3 is 5.73 Å². The van der Waals surface area contributed by atoms with Gasteiger partial charge in [-0.05, 0) is 67.9 Å². The lowest BCUT2D eigenvalue weighted by Gasteiger charge is -2.54. The molecule has 0 amide bonds. The van der Waals surface area contributed by atoms with E-state index < -0.39 is 0 Å². The first kappa shape index (κ1) is 11.2. The fraction of sp³-hybridized carbons (Fsp3) is 0.625. The van der Waals surface area contributed by atoms with E-state index in [4.69, 9.17) is 5.73 Å². The van der Waals surface area contributed by atoms with E-state index in [9.17, 15) is 0 Å². The van der Waals surface area contributed by atoms with Crippen molar-refractivity contribution in [3.8, 4) is 0 Å². The van der Waals surface area contributed by atoms with Crippen LogP contribution in [0.4, 0.5) is 5.69 Å². The van der Waals surface area contributed by atoms with Gasteiger partial charge in [0.2, 0.25) is 0 Å². The molecule has 1 aromatic carbocycles. The molecule has 4 aliphatic carbocycles. The Labute approximate surface area is 114 Å². The van der Waals surface area contributed by atoms with Crippen LogP contribution in [0.2, 0.25) is 0 Å². The average molecular weight is 259 g/mol. The summed E-state index contributed by atoms with van der Waals surface area (Å²) in [6.45, 7) is 0. The summed E-state index contributed by atoms with van der Waals surface area (Å²) in [5.41, 5.74) is 7.07. The zero-order valence-electron chi connectivity index (χ0n) is 10.7. The van der Waals surface area contributed by atoms with Crippen LogP contribution in [-0.2, 0) is 0 Å². The summed E-state index contributed by atoms with van der Waals surface area (Å²) in [7, 11) is 0. The molecule has 18 heavy (non-hydrogen) atoms. The van der Waals surface area contributed by atoms with Gasteiger partial charge in [-0.1, -0.05) is 12.1 Å². The molecule has 0 aromatic heterocycles. The number of hydrogen-bond acceptors (Lipinski definition) is 2. The van der Waals surface area contributed by atoms with Crippen LogP contribution < -0.4 is 5.73 Å². The normalized spacial score (nSPS) is 41.2. The molecule has 2 N–H and O–H groups in total. The van der Waals surface area contributed by atoms with Crippen molar-refractivity contribution in [1.82, 2.24) is 0 Å². The molecule has 0 aliphatic heterocycles. The SMILES string of the molecule is Nc1ccccc1SC1C2CC3CC(C2)CC1C3. The second-order valence-corrected chi connectivity index (χ2v) is 7.77. The summed E-state index contributed by atoms with van der Waals surface area (Å²) < 4.78 is 0. The molecule has 0 heterocycles. The summed E-state index contributed by atoms with van der Waals surface area (Å²) in [5, 5.41) is 0.850. The quantitative estimate of drug-likeness (QED) is 0.806. The van der Waals surface area contributed by atoms with Gasteiger partial charge in [0.15, 0.2) is 0 Å². The maximum atomic E-state index is 6.10. The molecule has 2 heteroatoms. The molecule has 4 bridgehead atoms. The Hall–Kier alpha value is -0.630. The number of para-hydroxylation sites is 1. The van der Waals surface area contributed by atoms with Crippen molar-refractivity contribution in [1.29, 1.82) is 0 Å². The van der Waals surface area contributed by atoms with E-state index in [2.05, 4.69) is 23.9 Å². The summed E-state index contributed by atoms with van der Waals surface area (Å²) in [6.07, 6.45) is 7.53. The van der Waals surface area contributed by atoms with E-state index in [0.717, 1.165) is 34.6 Å². The molecule has 1 nitrogen and oxygen atoms in total. The predicted molar refractivity (Wildman–Crippen MR) is 77.5 cm³/mol. The fourth-order valence-corrected chi connectivity index (χ4v) is 6.29. The van der Waals surface area contributed by atoms with Gasteiger partial charge in [-0.2, -0.15) is 0 Å². The van der Waals surface area contributed by atoms with Crippen molar-refractivity contribution in [2.45, 2.75) is 42.2 Å². The van der Waals surface area contributed by atoms with Gasteiger partial charge in [0, 0.05) is 15.8 Å². The predicted octanol–water partition coefficient (Wildman–Crippen LogP) is 4.19. The van der Waals surface area contributed by atoms with E-state index in [-0.39, 0.29) is 0 Å². The van der Waals surface area contributed by atoms with Crippen LogP contribution in [0.5, 0.6) is 0 Å². The Bertz CT molecular complexity index is 428. The standard InChI is InChI=1S/C16H21NS/c17-14-3-1-2-4-15(14)18-16-12-6-10-5-11(8-12)9-13(16)7-10/h1-4,10-13,16H,5-9,17H2. The highest BCUT2D eigenvalue weighted by molar-refractivity contribution is 8.00. The van der Waals surface area contributed by atoms with Crippen molar-refractivity contribution in [2.24, 2.45) is 23.7 Å². The van der Waals surface area contributed by atoms with Crippen molar-refractivity contribution >= 4 is 17.4 Å². The van der Waals surface area contributed by atoms with E-state index in [1.807, 2.05) is 12.1 Å². The maximum absolute atomic E-state index is 6.10. The number of thioether (sulfide) groups is 1. The van der Waals surface area contributed by atoms with Gasteiger partial charge in [0.05, 0.1) is 0 Å². The van der Waals surface area contributed by atoms with Crippen LogP contribution in [0.1, 0.15) is 32.1 Å². The zero-order chi connectivity index (χ0) is 12.1. The summed E-state index contributed by atoms with van der Waals surface area (Å²) >= 11 is 2.08. The minimum atomic E-state index is 0.850. The molecule has 5 rings (SSSR count). The largest absolute Gasteiger partial charge is 0.398 e. The van der Waals surface area contributed by atoms with E-state index in [1.54, 1.807) is 0 Å². The third-order valence-corrected chi connectivity index (χ3v) is 6.99. The van der Waals surface area contributed by atoms with Crippen LogP contribution in [0, 0.1) is 23.7 Å². The van der Waals surface area contributed by atoms with Crippen LogP contribution in [0.3, 0.4) is 0 Å². The minimum Gasteiger partial charge on any atom is -0.398 e. The molecule has 4 saturated carbocycles. The van der Waals surface area contributed by atoms with Gasteiger partial charge in [0.25, 0.3) is 0 Å². The molecule has 0 radical (unpaired) electrons. The lowest BCUT2D eigenvalue weighted by molar-refractivity contribution is 0.0267. The number of anilines is 1. The maximum Gasteiger partial charge on any atom is 0.0452 e. The monoisotopic (exact) mass is 259 g/mol. The molecule has 96 valence electrons. The van der Waals surface area contributed by atoms with Crippen molar-refractivity contribution in [3.05, 3.63) is 24.3 Å². The molecule has 0 spiro atoms. The van der Waals surface area contributed by atoms with Crippen molar-refractivity contribution in [3.63, 3.8) is 0 Å². The zero-order valence-corrected chi connectivity index (χ0v) is 11.5. The average Bonchev–Trinajstić information content (AvgIpc) is 2.35. The second kappa shape index (κ2) is 4.19. The lowest BCUT2D eigenvalue weighted by Crippen LogP contribution is -2.46. The molecule has 0 unspecified atom stereocenters. The third-order valence-electron chi connectivity index (χ3n) is 5.32. The number of rotatable bonds is 2. The molecule has 1 aromatic rings. The Balaban J connectivity index is 1.57. The summed E-state index contributed by atoms with van der Waals surface area (Å²) in [6, 6.07) is 8.40. The molecule has 0 saturated heterocycles. The van der Waals surface area contributed by atoms with Gasteiger partial charge >= 0.3 is 0 Å². The molecular formula is C16H21NS. The van der Waals surface area contributed by atoms with Crippen LogP contribution in [0.15, 0.2) is 29.2 Å². The minimum absolute atomic E-state index is 0.850. The van der Waals surface area contributed by atoms with E-state index in [0.29, 0.717) is 0 Å². The third kappa shape index (κ3) is 1.77. The van der Waals surface area contributed by atoms with Crippen molar-refractivity contribution < 1.29 is 0 Å². The molecule has 0 atom stereocenters.